The number of rotatable bonds is 5. The van der Waals surface area contributed by atoms with E-state index < -0.39 is 6.10 Å². The first kappa shape index (κ1) is 18.3. The van der Waals surface area contributed by atoms with Crippen molar-refractivity contribution in [1.82, 2.24) is 9.47 Å². The van der Waals surface area contributed by atoms with E-state index >= 15 is 0 Å². The van der Waals surface area contributed by atoms with E-state index in [1.54, 1.807) is 34.7 Å². The number of hydrogen-bond donors (Lipinski definition) is 2. The molecule has 0 unspecified atom stereocenters. The molecular weight excluding hydrogens is 352 g/mol. The standard InChI is InChI=1S/C20H21ClN2O3/c1-3-23(12-18(25)13-6-4-8-15(24)10-13)20(26)17-11-14-7-5-9-16(21)19(14)22(17)2/h4-11,18,24-25H,3,12H2,1-2H3/t18-/m0/s1. The van der Waals surface area contributed by atoms with E-state index in [9.17, 15) is 15.0 Å². The van der Waals surface area contributed by atoms with Crippen molar-refractivity contribution >= 4 is 28.4 Å². The number of aliphatic hydroxyl groups is 1. The highest BCUT2D eigenvalue weighted by Crippen LogP contribution is 2.27. The molecule has 0 saturated heterocycles. The second kappa shape index (κ2) is 7.40. The van der Waals surface area contributed by atoms with Gasteiger partial charge in [0.1, 0.15) is 11.4 Å². The van der Waals surface area contributed by atoms with Gasteiger partial charge in [-0.1, -0.05) is 35.9 Å². The molecule has 2 N–H and O–H groups in total. The summed E-state index contributed by atoms with van der Waals surface area (Å²) in [5, 5.41) is 21.5. The van der Waals surface area contributed by atoms with Crippen molar-refractivity contribution in [1.29, 1.82) is 0 Å². The minimum absolute atomic E-state index is 0.0826. The lowest BCUT2D eigenvalue weighted by Gasteiger charge is -2.24. The monoisotopic (exact) mass is 372 g/mol. The fourth-order valence-corrected chi connectivity index (χ4v) is 3.44. The van der Waals surface area contributed by atoms with Crippen LogP contribution in [0, 0.1) is 0 Å². The van der Waals surface area contributed by atoms with Gasteiger partial charge in [0.05, 0.1) is 23.2 Å². The predicted octanol–water partition coefficient (Wildman–Crippen LogP) is 3.73. The smallest absolute Gasteiger partial charge is 0.270 e. The van der Waals surface area contributed by atoms with E-state index in [0.717, 1.165) is 10.9 Å². The van der Waals surface area contributed by atoms with Crippen LogP contribution in [-0.4, -0.2) is 38.7 Å². The van der Waals surface area contributed by atoms with E-state index in [0.29, 0.717) is 22.8 Å². The van der Waals surface area contributed by atoms with Crippen molar-refractivity contribution < 1.29 is 15.0 Å². The van der Waals surface area contributed by atoms with Crippen LogP contribution in [0.5, 0.6) is 5.75 Å². The van der Waals surface area contributed by atoms with Crippen LogP contribution in [0.1, 0.15) is 29.1 Å². The van der Waals surface area contributed by atoms with Crippen LogP contribution < -0.4 is 0 Å². The van der Waals surface area contributed by atoms with Gasteiger partial charge in [0.2, 0.25) is 0 Å². The molecule has 0 fully saturated rings. The van der Waals surface area contributed by atoms with Crippen LogP contribution in [-0.2, 0) is 7.05 Å². The van der Waals surface area contributed by atoms with Crippen molar-refractivity contribution in [2.75, 3.05) is 13.1 Å². The van der Waals surface area contributed by atoms with Crippen molar-refractivity contribution in [3.63, 3.8) is 0 Å². The molecule has 0 aliphatic carbocycles. The van der Waals surface area contributed by atoms with Gasteiger partial charge in [-0.3, -0.25) is 4.79 Å². The molecule has 0 saturated carbocycles. The molecule has 1 heterocycles. The highest BCUT2D eigenvalue weighted by molar-refractivity contribution is 6.35. The molecule has 0 radical (unpaired) electrons. The molecule has 5 nitrogen and oxygen atoms in total. The largest absolute Gasteiger partial charge is 0.508 e. The van der Waals surface area contributed by atoms with Crippen molar-refractivity contribution in [2.45, 2.75) is 13.0 Å². The van der Waals surface area contributed by atoms with Crippen molar-refractivity contribution in [3.05, 3.63) is 64.8 Å². The molecule has 0 spiro atoms. The highest BCUT2D eigenvalue weighted by atomic mass is 35.5. The number of hydrogen-bond acceptors (Lipinski definition) is 3. The first-order chi connectivity index (χ1) is 12.4. The maximum atomic E-state index is 13.0. The zero-order valence-electron chi connectivity index (χ0n) is 14.7. The Balaban J connectivity index is 1.87. The van der Waals surface area contributed by atoms with E-state index in [1.807, 2.05) is 25.1 Å². The lowest BCUT2D eigenvalue weighted by molar-refractivity contribution is 0.0626. The summed E-state index contributed by atoms with van der Waals surface area (Å²) in [7, 11) is 1.81. The number of halogens is 1. The number of nitrogens with zero attached hydrogens (tertiary/aromatic N) is 2. The summed E-state index contributed by atoms with van der Waals surface area (Å²) in [4.78, 5) is 14.6. The molecule has 6 heteroatoms. The van der Waals surface area contributed by atoms with Crippen LogP contribution in [0.25, 0.3) is 10.9 Å². The average Bonchev–Trinajstić information content (AvgIpc) is 2.97. The minimum atomic E-state index is -0.885. The van der Waals surface area contributed by atoms with Crippen molar-refractivity contribution in [3.8, 4) is 5.75 Å². The van der Waals surface area contributed by atoms with Gasteiger partial charge in [0, 0.05) is 19.0 Å². The van der Waals surface area contributed by atoms with Crippen LogP contribution in [0.2, 0.25) is 5.02 Å². The average molecular weight is 373 g/mol. The van der Waals surface area contributed by atoms with E-state index in [-0.39, 0.29) is 18.2 Å². The van der Waals surface area contributed by atoms with Gasteiger partial charge < -0.3 is 19.7 Å². The molecule has 0 bridgehead atoms. The third-order valence-corrected chi connectivity index (χ3v) is 4.85. The fourth-order valence-electron chi connectivity index (χ4n) is 3.14. The van der Waals surface area contributed by atoms with Crippen molar-refractivity contribution in [2.24, 2.45) is 7.05 Å². The molecule has 1 aromatic heterocycles. The van der Waals surface area contributed by atoms with E-state index in [4.69, 9.17) is 11.6 Å². The summed E-state index contributed by atoms with van der Waals surface area (Å²) in [6.07, 6.45) is -0.885. The van der Waals surface area contributed by atoms with Gasteiger partial charge in [-0.15, -0.1) is 0 Å². The van der Waals surface area contributed by atoms with Gasteiger partial charge in [-0.2, -0.15) is 0 Å². The third kappa shape index (κ3) is 3.41. The first-order valence-electron chi connectivity index (χ1n) is 8.42. The molecule has 2 aromatic carbocycles. The third-order valence-electron chi connectivity index (χ3n) is 4.54. The number of para-hydroxylation sites is 1. The summed E-state index contributed by atoms with van der Waals surface area (Å²) in [6, 6.07) is 13.8. The van der Waals surface area contributed by atoms with Gasteiger partial charge in [-0.05, 0) is 36.8 Å². The maximum Gasteiger partial charge on any atom is 0.270 e. The highest BCUT2D eigenvalue weighted by Gasteiger charge is 2.22. The van der Waals surface area contributed by atoms with Gasteiger partial charge in [0.25, 0.3) is 5.91 Å². The Bertz CT molecular complexity index is 951. The molecule has 0 aliphatic rings. The lowest BCUT2D eigenvalue weighted by Crippen LogP contribution is -2.35. The molecular formula is C20H21ClN2O3. The van der Waals surface area contributed by atoms with Gasteiger partial charge >= 0.3 is 0 Å². The topological polar surface area (TPSA) is 65.7 Å². The Labute approximate surface area is 157 Å². The number of aryl methyl sites for hydroxylation is 1. The van der Waals surface area contributed by atoms with Gasteiger partial charge in [0.15, 0.2) is 0 Å². The summed E-state index contributed by atoms with van der Waals surface area (Å²) in [5.41, 5.74) is 1.89. The van der Waals surface area contributed by atoms with Crippen LogP contribution in [0.4, 0.5) is 0 Å². The minimum Gasteiger partial charge on any atom is -0.508 e. The summed E-state index contributed by atoms with van der Waals surface area (Å²) in [6.45, 7) is 2.45. The zero-order chi connectivity index (χ0) is 18.8. The summed E-state index contributed by atoms with van der Waals surface area (Å²) < 4.78 is 1.78. The fraction of sp³-hybridized carbons (Fsp3) is 0.250. The van der Waals surface area contributed by atoms with E-state index in [2.05, 4.69) is 0 Å². The zero-order valence-corrected chi connectivity index (χ0v) is 15.4. The lowest BCUT2D eigenvalue weighted by atomic mass is 10.1. The van der Waals surface area contributed by atoms with Crippen LogP contribution in [0.15, 0.2) is 48.5 Å². The Morgan fingerprint density at radius 2 is 1.96 bits per heavy atom. The van der Waals surface area contributed by atoms with Crippen LogP contribution in [0.3, 0.4) is 0 Å². The maximum absolute atomic E-state index is 13.0. The number of carbonyl (C=O) groups is 1. The first-order valence-corrected chi connectivity index (χ1v) is 8.80. The Hall–Kier alpha value is -2.50. The quantitative estimate of drug-likeness (QED) is 0.717. The van der Waals surface area contributed by atoms with Gasteiger partial charge in [-0.25, -0.2) is 0 Å². The van der Waals surface area contributed by atoms with E-state index in [1.165, 1.54) is 12.1 Å². The number of aliphatic hydroxyl groups excluding tert-OH is 1. The summed E-state index contributed by atoms with van der Waals surface area (Å²) in [5.74, 6) is -0.0966. The molecule has 1 amide bonds. The number of amides is 1. The second-order valence-corrected chi connectivity index (χ2v) is 6.63. The number of phenolic OH excluding ortho intramolecular Hbond substituents is 1. The summed E-state index contributed by atoms with van der Waals surface area (Å²) >= 11 is 6.26. The number of phenols is 1. The molecule has 0 aliphatic heterocycles. The predicted molar refractivity (Wildman–Crippen MR) is 103 cm³/mol. The molecule has 136 valence electrons. The number of aromatic hydroxyl groups is 1. The van der Waals surface area contributed by atoms with Crippen LogP contribution >= 0.6 is 11.6 Å². The number of likely N-dealkylation sites (N-methyl/N-ethyl adjacent to an activating group) is 1. The molecule has 1 atom stereocenters. The normalized spacial score (nSPS) is 12.3. The molecule has 3 aromatic rings. The molecule has 3 rings (SSSR count). The second-order valence-electron chi connectivity index (χ2n) is 6.22. The number of fused-ring (bicyclic) bond motifs is 1. The Morgan fingerprint density at radius 3 is 2.62 bits per heavy atom. The number of carbonyl (C=O) groups excluding carboxylic acids is 1. The Kier molecular flexibility index (Phi) is 5.20. The number of aromatic nitrogens is 1. The SMILES string of the molecule is CCN(C[C@H](O)c1cccc(O)c1)C(=O)c1cc2cccc(Cl)c2n1C. The molecule has 26 heavy (non-hydrogen) atoms. The Morgan fingerprint density at radius 1 is 1.23 bits per heavy atom. The number of benzene rings is 2.